The van der Waals surface area contributed by atoms with E-state index in [9.17, 15) is 4.79 Å². The third-order valence-corrected chi connectivity index (χ3v) is 2.97. The van der Waals surface area contributed by atoms with E-state index >= 15 is 0 Å². The van der Waals surface area contributed by atoms with Crippen molar-refractivity contribution in [2.75, 3.05) is 0 Å². The Morgan fingerprint density at radius 3 is 2.86 bits per heavy atom. The maximum Gasteiger partial charge on any atom is 0.207 e. The van der Waals surface area contributed by atoms with Gasteiger partial charge in [0.25, 0.3) is 0 Å². The lowest BCUT2D eigenvalue weighted by Crippen LogP contribution is -2.26. The lowest BCUT2D eigenvalue weighted by molar-refractivity contribution is 0.0968. The van der Waals surface area contributed by atoms with Gasteiger partial charge in [0.1, 0.15) is 0 Å². The van der Waals surface area contributed by atoms with Gasteiger partial charge in [-0.05, 0) is 19.1 Å². The fourth-order valence-corrected chi connectivity index (χ4v) is 2.18. The van der Waals surface area contributed by atoms with Crippen molar-refractivity contribution in [2.45, 2.75) is 13.0 Å². The molecule has 0 aliphatic heterocycles. The van der Waals surface area contributed by atoms with Crippen LogP contribution in [0, 0.1) is 0 Å². The third kappa shape index (κ3) is 1.54. The minimum absolute atomic E-state index is 0.0915. The smallest absolute Gasteiger partial charge is 0.207 e. The number of carbonyl (C=O) groups is 1. The van der Waals surface area contributed by atoms with Gasteiger partial charge in [0.05, 0.1) is 16.3 Å². The molecule has 0 spiro atoms. The van der Waals surface area contributed by atoms with Crippen LogP contribution in [-0.2, 0) is 0 Å². The Morgan fingerprint density at radius 2 is 2.21 bits per heavy atom. The molecule has 0 radical (unpaired) electrons. The van der Waals surface area contributed by atoms with Gasteiger partial charge in [-0.1, -0.05) is 12.1 Å². The monoisotopic (exact) mass is 206 g/mol. The molecular formula is C10H10N2OS. The van der Waals surface area contributed by atoms with Gasteiger partial charge in [-0.2, -0.15) is 0 Å². The molecule has 0 aliphatic carbocycles. The Balaban J connectivity index is 2.50. The number of rotatable bonds is 2. The van der Waals surface area contributed by atoms with Crippen LogP contribution >= 0.6 is 11.3 Å². The van der Waals surface area contributed by atoms with Crippen LogP contribution < -0.4 is 5.73 Å². The van der Waals surface area contributed by atoms with Crippen LogP contribution in [0.3, 0.4) is 0 Å². The van der Waals surface area contributed by atoms with E-state index in [1.807, 2.05) is 24.3 Å². The lowest BCUT2D eigenvalue weighted by Gasteiger charge is -1.97. The molecule has 0 aliphatic rings. The molecule has 1 aromatic heterocycles. The summed E-state index contributed by atoms with van der Waals surface area (Å²) < 4.78 is 1.02. The molecule has 1 aromatic carbocycles. The number of fused-ring (bicyclic) bond motifs is 1. The van der Waals surface area contributed by atoms with Crippen molar-refractivity contribution in [1.29, 1.82) is 0 Å². The maximum absolute atomic E-state index is 11.5. The zero-order chi connectivity index (χ0) is 10.1. The van der Waals surface area contributed by atoms with Crippen molar-refractivity contribution in [3.63, 3.8) is 0 Å². The highest BCUT2D eigenvalue weighted by atomic mass is 32.1. The minimum Gasteiger partial charge on any atom is -0.321 e. The van der Waals surface area contributed by atoms with E-state index in [-0.39, 0.29) is 5.78 Å². The summed E-state index contributed by atoms with van der Waals surface area (Å²) in [6.45, 7) is 1.68. The number of benzene rings is 1. The van der Waals surface area contributed by atoms with E-state index in [1.165, 1.54) is 11.3 Å². The maximum atomic E-state index is 11.5. The fraction of sp³-hybridized carbons (Fsp3) is 0.200. The number of carbonyl (C=O) groups excluding carboxylic acids is 1. The molecule has 0 bridgehead atoms. The summed E-state index contributed by atoms with van der Waals surface area (Å²) in [6.07, 6.45) is 0. The molecule has 0 fully saturated rings. The van der Waals surface area contributed by atoms with Crippen molar-refractivity contribution in [1.82, 2.24) is 4.98 Å². The van der Waals surface area contributed by atoms with Gasteiger partial charge in [0.2, 0.25) is 5.78 Å². The van der Waals surface area contributed by atoms with E-state index in [1.54, 1.807) is 6.92 Å². The van der Waals surface area contributed by atoms with Crippen LogP contribution in [0.5, 0.6) is 0 Å². The summed E-state index contributed by atoms with van der Waals surface area (Å²) in [4.78, 5) is 15.8. The quantitative estimate of drug-likeness (QED) is 0.762. The highest BCUT2D eigenvalue weighted by molar-refractivity contribution is 7.20. The number of aromatic nitrogens is 1. The zero-order valence-electron chi connectivity index (χ0n) is 7.73. The van der Waals surface area contributed by atoms with Crippen molar-refractivity contribution in [2.24, 2.45) is 5.73 Å². The van der Waals surface area contributed by atoms with Crippen LogP contribution in [0.15, 0.2) is 24.3 Å². The largest absolute Gasteiger partial charge is 0.321 e. The van der Waals surface area contributed by atoms with Gasteiger partial charge in [0.15, 0.2) is 5.01 Å². The molecule has 4 heteroatoms. The number of Topliss-reactive ketones (excluding diaryl/α,β-unsaturated/α-hetero) is 1. The molecule has 72 valence electrons. The molecule has 0 saturated carbocycles. The van der Waals surface area contributed by atoms with Gasteiger partial charge in [-0.15, -0.1) is 11.3 Å². The molecule has 1 heterocycles. The van der Waals surface area contributed by atoms with Crippen LogP contribution in [-0.4, -0.2) is 16.8 Å². The van der Waals surface area contributed by atoms with Gasteiger partial charge in [-0.25, -0.2) is 4.98 Å². The predicted molar refractivity (Wildman–Crippen MR) is 57.6 cm³/mol. The normalized spacial score (nSPS) is 13.0. The SMILES string of the molecule is C[C@H](N)C(=O)c1nc2ccccc2s1. The summed E-state index contributed by atoms with van der Waals surface area (Å²) in [7, 11) is 0. The standard InChI is InChI=1S/C10H10N2OS/c1-6(11)9(13)10-12-7-4-2-3-5-8(7)14-10/h2-6H,11H2,1H3/t6-/m0/s1. The second-order valence-electron chi connectivity index (χ2n) is 3.14. The lowest BCUT2D eigenvalue weighted by atomic mass is 10.2. The first-order valence-corrected chi connectivity index (χ1v) is 5.15. The van der Waals surface area contributed by atoms with Crippen molar-refractivity contribution < 1.29 is 4.79 Å². The minimum atomic E-state index is -0.476. The van der Waals surface area contributed by atoms with Crippen LogP contribution in [0.2, 0.25) is 0 Å². The number of nitrogens with two attached hydrogens (primary N) is 1. The third-order valence-electron chi connectivity index (χ3n) is 1.92. The summed E-state index contributed by atoms with van der Waals surface area (Å²) in [5.41, 5.74) is 6.37. The average molecular weight is 206 g/mol. The first-order valence-electron chi connectivity index (χ1n) is 4.34. The average Bonchev–Trinajstić information content (AvgIpc) is 2.59. The van der Waals surface area contributed by atoms with Gasteiger partial charge in [-0.3, -0.25) is 4.79 Å². The van der Waals surface area contributed by atoms with Crippen molar-refractivity contribution in [3.8, 4) is 0 Å². The molecular weight excluding hydrogens is 196 g/mol. The number of thiazole rings is 1. The number of ketones is 1. The Labute approximate surface area is 85.6 Å². The van der Waals surface area contributed by atoms with Crippen molar-refractivity contribution in [3.05, 3.63) is 29.3 Å². The van der Waals surface area contributed by atoms with Crippen molar-refractivity contribution >= 4 is 27.3 Å². The Bertz CT molecular complexity index is 443. The van der Waals surface area contributed by atoms with E-state index < -0.39 is 6.04 Å². The first kappa shape index (κ1) is 9.30. The summed E-state index contributed by atoms with van der Waals surface area (Å²) in [5.74, 6) is -0.0915. The van der Waals surface area contributed by atoms with E-state index in [2.05, 4.69) is 4.98 Å². The highest BCUT2D eigenvalue weighted by Gasteiger charge is 2.15. The molecule has 0 unspecified atom stereocenters. The van der Waals surface area contributed by atoms with Gasteiger partial charge in [0, 0.05) is 0 Å². The van der Waals surface area contributed by atoms with E-state index in [0.29, 0.717) is 5.01 Å². The number of hydrogen-bond donors (Lipinski definition) is 1. The Morgan fingerprint density at radius 1 is 1.50 bits per heavy atom. The number of para-hydroxylation sites is 1. The molecule has 2 aromatic rings. The second-order valence-corrected chi connectivity index (χ2v) is 4.17. The predicted octanol–water partition coefficient (Wildman–Crippen LogP) is 1.83. The highest BCUT2D eigenvalue weighted by Crippen LogP contribution is 2.22. The van der Waals surface area contributed by atoms with E-state index in [0.717, 1.165) is 10.2 Å². The number of nitrogens with zero attached hydrogens (tertiary/aromatic N) is 1. The summed E-state index contributed by atoms with van der Waals surface area (Å²) >= 11 is 1.39. The van der Waals surface area contributed by atoms with Gasteiger partial charge >= 0.3 is 0 Å². The molecule has 2 N–H and O–H groups in total. The van der Waals surface area contributed by atoms with Crippen LogP contribution in [0.1, 0.15) is 16.7 Å². The summed E-state index contributed by atoms with van der Waals surface area (Å²) in [5, 5.41) is 0.501. The summed E-state index contributed by atoms with van der Waals surface area (Å²) in [6, 6.07) is 7.20. The van der Waals surface area contributed by atoms with E-state index in [4.69, 9.17) is 5.73 Å². The Kier molecular flexibility index (Phi) is 2.31. The molecule has 14 heavy (non-hydrogen) atoms. The van der Waals surface area contributed by atoms with Gasteiger partial charge < -0.3 is 5.73 Å². The Hall–Kier alpha value is -1.26. The molecule has 2 rings (SSSR count). The fourth-order valence-electron chi connectivity index (χ4n) is 1.17. The molecule has 0 amide bonds. The molecule has 1 atom stereocenters. The molecule has 0 saturated heterocycles. The molecule has 3 nitrogen and oxygen atoms in total. The van der Waals surface area contributed by atoms with Crippen LogP contribution in [0.25, 0.3) is 10.2 Å². The van der Waals surface area contributed by atoms with Crippen LogP contribution in [0.4, 0.5) is 0 Å². The zero-order valence-corrected chi connectivity index (χ0v) is 8.54. The second kappa shape index (κ2) is 3.48. The number of hydrogen-bond acceptors (Lipinski definition) is 4. The topological polar surface area (TPSA) is 56.0 Å². The first-order chi connectivity index (χ1) is 6.68.